The summed E-state index contributed by atoms with van der Waals surface area (Å²) < 4.78 is 10.2. The number of benzene rings is 1. The van der Waals surface area contributed by atoms with E-state index in [-0.39, 0.29) is 11.3 Å². The lowest BCUT2D eigenvalue weighted by Gasteiger charge is -2.26. The van der Waals surface area contributed by atoms with E-state index in [9.17, 15) is 4.79 Å². The number of nitrogens with one attached hydrogen (secondary N) is 1. The third kappa shape index (κ3) is 7.05. The van der Waals surface area contributed by atoms with Gasteiger partial charge in [-0.05, 0) is 18.9 Å². The molecule has 0 aliphatic rings. The number of ether oxygens (including phenoxy) is 2. The fraction of sp³-hybridized carbons (Fsp3) is 0.611. The van der Waals surface area contributed by atoms with Gasteiger partial charge < -0.3 is 14.8 Å². The van der Waals surface area contributed by atoms with Crippen LogP contribution >= 0.6 is 0 Å². The highest BCUT2D eigenvalue weighted by atomic mass is 16.5. The van der Waals surface area contributed by atoms with Crippen molar-refractivity contribution in [3.8, 4) is 0 Å². The Kier molecular flexibility index (Phi) is 8.13. The maximum atomic E-state index is 11.9. The van der Waals surface area contributed by atoms with E-state index >= 15 is 0 Å². The molecule has 1 N–H and O–H groups in total. The molecule has 0 saturated carbocycles. The van der Waals surface area contributed by atoms with E-state index in [2.05, 4.69) is 50.4 Å². The molecule has 4 nitrogen and oxygen atoms in total. The van der Waals surface area contributed by atoms with Gasteiger partial charge in [0.1, 0.15) is 0 Å². The first-order valence-corrected chi connectivity index (χ1v) is 7.86. The number of aryl methyl sites for hydroxylation is 1. The number of methoxy groups -OCH3 is 1. The van der Waals surface area contributed by atoms with Crippen LogP contribution in [0, 0.1) is 6.92 Å². The van der Waals surface area contributed by atoms with E-state index in [1.165, 1.54) is 11.1 Å². The second-order valence-electron chi connectivity index (χ2n) is 6.24. The van der Waals surface area contributed by atoms with E-state index in [4.69, 9.17) is 9.47 Å². The first kappa shape index (κ1) is 18.7. The summed E-state index contributed by atoms with van der Waals surface area (Å²) in [4.78, 5) is 11.9. The molecule has 0 aliphatic carbocycles. The molecule has 0 unspecified atom stereocenters. The molecule has 124 valence electrons. The van der Waals surface area contributed by atoms with Gasteiger partial charge in [-0.1, -0.05) is 43.7 Å². The molecule has 1 aromatic carbocycles. The van der Waals surface area contributed by atoms with Crippen molar-refractivity contribution in [2.24, 2.45) is 0 Å². The molecule has 0 bridgehead atoms. The largest absolute Gasteiger partial charge is 0.382 e. The van der Waals surface area contributed by atoms with Gasteiger partial charge in [-0.2, -0.15) is 0 Å². The zero-order valence-electron chi connectivity index (χ0n) is 14.3. The molecule has 1 rings (SSSR count). The summed E-state index contributed by atoms with van der Waals surface area (Å²) in [5.41, 5.74) is 2.41. The van der Waals surface area contributed by atoms with Crippen LogP contribution in [0.25, 0.3) is 0 Å². The minimum absolute atomic E-state index is 0.0728. The molecule has 4 heteroatoms. The molecule has 0 aromatic heterocycles. The standard InChI is InChI=1S/C18H29NO3/c1-15-7-5-8-16(13-15)18(2,3)14-19-17(20)9-6-10-22-12-11-21-4/h5,7-8,13H,6,9-12,14H2,1-4H3,(H,19,20). The van der Waals surface area contributed by atoms with Crippen molar-refractivity contribution >= 4 is 5.91 Å². The molecule has 1 aromatic rings. The predicted octanol–water partition coefficient (Wildman–Crippen LogP) is 2.83. The van der Waals surface area contributed by atoms with Gasteiger partial charge in [0.15, 0.2) is 0 Å². The highest BCUT2D eigenvalue weighted by Gasteiger charge is 2.21. The van der Waals surface area contributed by atoms with Gasteiger partial charge in [0, 0.05) is 32.1 Å². The first-order valence-electron chi connectivity index (χ1n) is 7.86. The van der Waals surface area contributed by atoms with Crippen molar-refractivity contribution in [1.29, 1.82) is 0 Å². The lowest BCUT2D eigenvalue weighted by atomic mass is 9.84. The third-order valence-corrected chi connectivity index (χ3v) is 3.65. The normalized spacial score (nSPS) is 11.5. The van der Waals surface area contributed by atoms with Crippen molar-refractivity contribution in [2.75, 3.05) is 33.5 Å². The second-order valence-corrected chi connectivity index (χ2v) is 6.24. The van der Waals surface area contributed by atoms with Crippen LogP contribution in [0.4, 0.5) is 0 Å². The number of carbonyl (C=O) groups is 1. The summed E-state index contributed by atoms with van der Waals surface area (Å²) in [6.45, 7) is 8.79. The lowest BCUT2D eigenvalue weighted by molar-refractivity contribution is -0.121. The van der Waals surface area contributed by atoms with Gasteiger partial charge in [-0.25, -0.2) is 0 Å². The molecule has 0 radical (unpaired) electrons. The Labute approximate surface area is 134 Å². The van der Waals surface area contributed by atoms with E-state index in [1.807, 2.05) is 0 Å². The Bertz CT molecular complexity index is 457. The zero-order chi connectivity index (χ0) is 16.4. The molecular weight excluding hydrogens is 278 g/mol. The summed E-state index contributed by atoms with van der Waals surface area (Å²) >= 11 is 0. The van der Waals surface area contributed by atoms with E-state index in [1.54, 1.807) is 7.11 Å². The van der Waals surface area contributed by atoms with Gasteiger partial charge in [-0.3, -0.25) is 4.79 Å². The predicted molar refractivity (Wildman–Crippen MR) is 89.1 cm³/mol. The van der Waals surface area contributed by atoms with Crippen LogP contribution < -0.4 is 5.32 Å². The molecule has 0 spiro atoms. The van der Waals surface area contributed by atoms with Crippen molar-refractivity contribution in [2.45, 2.75) is 39.0 Å². The molecule has 22 heavy (non-hydrogen) atoms. The quantitative estimate of drug-likeness (QED) is 0.676. The maximum absolute atomic E-state index is 11.9. The Morgan fingerprint density at radius 1 is 1.23 bits per heavy atom. The Morgan fingerprint density at radius 3 is 2.68 bits per heavy atom. The van der Waals surface area contributed by atoms with E-state index < -0.39 is 0 Å². The SMILES string of the molecule is COCCOCCCC(=O)NCC(C)(C)c1cccc(C)c1. The van der Waals surface area contributed by atoms with Crippen molar-refractivity contribution < 1.29 is 14.3 Å². The monoisotopic (exact) mass is 307 g/mol. The van der Waals surface area contributed by atoms with Gasteiger partial charge in [-0.15, -0.1) is 0 Å². The summed E-state index contributed by atoms with van der Waals surface area (Å²) in [5.74, 6) is 0.0797. The van der Waals surface area contributed by atoms with Gasteiger partial charge in [0.2, 0.25) is 5.91 Å². The highest BCUT2D eigenvalue weighted by molar-refractivity contribution is 5.75. The van der Waals surface area contributed by atoms with Crippen LogP contribution in [0.5, 0.6) is 0 Å². The van der Waals surface area contributed by atoms with E-state index in [0.717, 1.165) is 6.42 Å². The minimum atomic E-state index is -0.0728. The van der Waals surface area contributed by atoms with E-state index in [0.29, 0.717) is 32.8 Å². The number of carbonyl (C=O) groups excluding carboxylic acids is 1. The molecule has 0 heterocycles. The molecule has 0 fully saturated rings. The number of amides is 1. The molecule has 0 saturated heterocycles. The number of rotatable bonds is 10. The lowest BCUT2D eigenvalue weighted by Crippen LogP contribution is -2.36. The Hall–Kier alpha value is -1.39. The average molecular weight is 307 g/mol. The highest BCUT2D eigenvalue weighted by Crippen LogP contribution is 2.23. The van der Waals surface area contributed by atoms with Crippen molar-refractivity contribution in [3.05, 3.63) is 35.4 Å². The summed E-state index contributed by atoms with van der Waals surface area (Å²) in [6, 6.07) is 8.44. The summed E-state index contributed by atoms with van der Waals surface area (Å²) in [7, 11) is 1.65. The Morgan fingerprint density at radius 2 is 2.00 bits per heavy atom. The average Bonchev–Trinajstić information content (AvgIpc) is 2.49. The van der Waals surface area contributed by atoms with Crippen LogP contribution in [-0.2, 0) is 19.7 Å². The molecule has 1 amide bonds. The van der Waals surface area contributed by atoms with Crippen molar-refractivity contribution in [1.82, 2.24) is 5.32 Å². The topological polar surface area (TPSA) is 47.6 Å². The smallest absolute Gasteiger partial charge is 0.220 e. The van der Waals surface area contributed by atoms with Crippen LogP contribution in [0.3, 0.4) is 0 Å². The minimum Gasteiger partial charge on any atom is -0.382 e. The maximum Gasteiger partial charge on any atom is 0.220 e. The number of hydrogen-bond acceptors (Lipinski definition) is 3. The molecular formula is C18H29NO3. The summed E-state index contributed by atoms with van der Waals surface area (Å²) in [5, 5.41) is 3.02. The zero-order valence-corrected chi connectivity index (χ0v) is 14.3. The molecule has 0 atom stereocenters. The van der Waals surface area contributed by atoms with Gasteiger partial charge in [0.25, 0.3) is 0 Å². The summed E-state index contributed by atoms with van der Waals surface area (Å²) in [6.07, 6.45) is 1.23. The number of hydrogen-bond donors (Lipinski definition) is 1. The second kappa shape index (κ2) is 9.59. The fourth-order valence-electron chi connectivity index (χ4n) is 2.16. The first-order chi connectivity index (χ1) is 10.5. The fourth-order valence-corrected chi connectivity index (χ4v) is 2.16. The third-order valence-electron chi connectivity index (χ3n) is 3.65. The van der Waals surface area contributed by atoms with Gasteiger partial charge >= 0.3 is 0 Å². The van der Waals surface area contributed by atoms with Crippen molar-refractivity contribution in [3.63, 3.8) is 0 Å². The van der Waals surface area contributed by atoms with Crippen LogP contribution in [-0.4, -0.2) is 39.4 Å². The van der Waals surface area contributed by atoms with Gasteiger partial charge in [0.05, 0.1) is 13.2 Å². The Balaban J connectivity index is 2.28. The molecule has 0 aliphatic heterocycles. The van der Waals surface area contributed by atoms with Crippen LogP contribution in [0.15, 0.2) is 24.3 Å². The van der Waals surface area contributed by atoms with Crippen LogP contribution in [0.1, 0.15) is 37.8 Å². The van der Waals surface area contributed by atoms with Crippen LogP contribution in [0.2, 0.25) is 0 Å².